The summed E-state index contributed by atoms with van der Waals surface area (Å²) in [6.07, 6.45) is 5.15. The molecular formula is C20H24N4O3S. The van der Waals surface area contributed by atoms with Crippen LogP contribution >= 0.6 is 11.8 Å². The molecule has 0 spiro atoms. The fraction of sp³-hybridized carbons (Fsp3) is 0.400. The number of para-hydroxylation sites is 1. The van der Waals surface area contributed by atoms with Crippen LogP contribution in [0, 0.1) is 0 Å². The lowest BCUT2D eigenvalue weighted by Gasteiger charge is -2.27. The zero-order valence-electron chi connectivity index (χ0n) is 15.9. The molecule has 28 heavy (non-hydrogen) atoms. The van der Waals surface area contributed by atoms with Gasteiger partial charge in [0.05, 0.1) is 23.6 Å². The minimum atomic E-state index is -0.451. The van der Waals surface area contributed by atoms with E-state index in [0.717, 1.165) is 23.9 Å². The third kappa shape index (κ3) is 5.45. The molecule has 0 aliphatic carbocycles. The van der Waals surface area contributed by atoms with Gasteiger partial charge in [-0.2, -0.15) is 0 Å². The molecule has 1 saturated heterocycles. The summed E-state index contributed by atoms with van der Waals surface area (Å²) in [5.74, 6) is 0.436. The van der Waals surface area contributed by atoms with E-state index >= 15 is 0 Å². The van der Waals surface area contributed by atoms with Crippen molar-refractivity contribution < 1.29 is 14.3 Å². The van der Waals surface area contributed by atoms with Crippen molar-refractivity contribution in [2.75, 3.05) is 35.7 Å². The summed E-state index contributed by atoms with van der Waals surface area (Å²) >= 11 is 1.34. The van der Waals surface area contributed by atoms with Crippen molar-refractivity contribution >= 4 is 35.1 Å². The van der Waals surface area contributed by atoms with Gasteiger partial charge in [-0.15, -0.1) is 0 Å². The first-order valence-electron chi connectivity index (χ1n) is 9.43. The highest BCUT2D eigenvalue weighted by molar-refractivity contribution is 7.99. The van der Waals surface area contributed by atoms with Gasteiger partial charge in [-0.25, -0.2) is 14.8 Å². The summed E-state index contributed by atoms with van der Waals surface area (Å²) in [6, 6.07) is 8.75. The van der Waals surface area contributed by atoms with E-state index in [1.807, 2.05) is 6.07 Å². The first-order valence-corrected chi connectivity index (χ1v) is 10.4. The van der Waals surface area contributed by atoms with Gasteiger partial charge in [0.2, 0.25) is 5.91 Å². The Labute approximate surface area is 168 Å². The van der Waals surface area contributed by atoms with Gasteiger partial charge >= 0.3 is 5.97 Å². The summed E-state index contributed by atoms with van der Waals surface area (Å²) in [5, 5.41) is 3.54. The number of ether oxygens (including phenoxy) is 1. The van der Waals surface area contributed by atoms with Crippen molar-refractivity contribution in [3.05, 3.63) is 42.2 Å². The van der Waals surface area contributed by atoms with Crippen LogP contribution in [0.4, 0.5) is 11.5 Å². The zero-order valence-corrected chi connectivity index (χ0v) is 16.7. The number of hydrogen-bond acceptors (Lipinski definition) is 7. The van der Waals surface area contributed by atoms with Crippen LogP contribution in [0.25, 0.3) is 0 Å². The second-order valence-electron chi connectivity index (χ2n) is 6.37. The Morgan fingerprint density at radius 3 is 2.75 bits per heavy atom. The molecule has 1 N–H and O–H groups in total. The van der Waals surface area contributed by atoms with E-state index in [2.05, 4.69) is 20.2 Å². The summed E-state index contributed by atoms with van der Waals surface area (Å²) < 4.78 is 5.03. The van der Waals surface area contributed by atoms with Gasteiger partial charge in [0.15, 0.2) is 0 Å². The van der Waals surface area contributed by atoms with Crippen molar-refractivity contribution in [1.82, 2.24) is 9.97 Å². The van der Waals surface area contributed by atoms with Gasteiger partial charge < -0.3 is 15.0 Å². The van der Waals surface area contributed by atoms with Crippen molar-refractivity contribution in [3.63, 3.8) is 0 Å². The first-order chi connectivity index (χ1) is 13.7. The minimum Gasteiger partial charge on any atom is -0.462 e. The Hall–Kier alpha value is -2.61. The van der Waals surface area contributed by atoms with Crippen molar-refractivity contribution in [2.45, 2.75) is 31.2 Å². The predicted octanol–water partition coefficient (Wildman–Crippen LogP) is 3.37. The fourth-order valence-corrected chi connectivity index (χ4v) is 3.67. The van der Waals surface area contributed by atoms with E-state index in [1.54, 1.807) is 37.5 Å². The number of thioether (sulfide) groups is 1. The third-order valence-corrected chi connectivity index (χ3v) is 5.28. The molecule has 2 heterocycles. The van der Waals surface area contributed by atoms with E-state index in [0.29, 0.717) is 11.3 Å². The Kier molecular flexibility index (Phi) is 7.25. The normalized spacial score (nSPS) is 13.8. The van der Waals surface area contributed by atoms with E-state index < -0.39 is 5.97 Å². The predicted molar refractivity (Wildman–Crippen MR) is 110 cm³/mol. The highest BCUT2D eigenvalue weighted by atomic mass is 32.2. The van der Waals surface area contributed by atoms with E-state index in [1.165, 1.54) is 31.0 Å². The number of esters is 1. The van der Waals surface area contributed by atoms with Crippen LogP contribution < -0.4 is 10.2 Å². The molecule has 148 valence electrons. The van der Waals surface area contributed by atoms with Gasteiger partial charge in [0.1, 0.15) is 17.2 Å². The first kappa shape index (κ1) is 20.1. The third-order valence-electron chi connectivity index (χ3n) is 4.36. The summed E-state index contributed by atoms with van der Waals surface area (Å²) in [5.41, 5.74) is 0.792. The largest absolute Gasteiger partial charge is 0.462 e. The average Bonchev–Trinajstić information content (AvgIpc) is 2.74. The lowest BCUT2D eigenvalue weighted by molar-refractivity contribution is -0.113. The van der Waals surface area contributed by atoms with E-state index in [9.17, 15) is 9.59 Å². The number of hydrogen-bond donors (Lipinski definition) is 1. The van der Waals surface area contributed by atoms with Crippen LogP contribution in [0.2, 0.25) is 0 Å². The summed E-state index contributed by atoms with van der Waals surface area (Å²) in [6.45, 7) is 4.04. The van der Waals surface area contributed by atoms with Crippen LogP contribution in [0.3, 0.4) is 0 Å². The summed E-state index contributed by atoms with van der Waals surface area (Å²) in [7, 11) is 0. The van der Waals surface area contributed by atoms with Gasteiger partial charge in [-0.3, -0.25) is 4.79 Å². The number of benzene rings is 1. The number of nitrogens with one attached hydrogen (secondary N) is 1. The maximum absolute atomic E-state index is 12.4. The molecule has 0 radical (unpaired) electrons. The number of piperidine rings is 1. The molecule has 1 aliphatic rings. The molecule has 1 fully saturated rings. The topological polar surface area (TPSA) is 84.4 Å². The number of amides is 1. The highest BCUT2D eigenvalue weighted by Crippen LogP contribution is 2.23. The molecular weight excluding hydrogens is 376 g/mol. The van der Waals surface area contributed by atoms with Gasteiger partial charge in [0.25, 0.3) is 0 Å². The van der Waals surface area contributed by atoms with Crippen molar-refractivity contribution in [3.8, 4) is 0 Å². The molecule has 1 amide bonds. The van der Waals surface area contributed by atoms with Crippen LogP contribution in [-0.4, -0.2) is 47.3 Å². The summed E-state index contributed by atoms with van der Waals surface area (Å²) in [4.78, 5) is 35.2. The smallest absolute Gasteiger partial charge is 0.340 e. The molecule has 2 aromatic rings. The Balaban J connectivity index is 1.58. The standard InChI is InChI=1S/C20H24N4O3S/c1-2-27-20(26)15-8-4-5-9-16(15)23-18(25)13-28-19-12-17(21-14-22-19)24-10-6-3-7-11-24/h4-5,8-9,12,14H,2-3,6-7,10-11,13H2,1H3,(H,23,25). The molecule has 0 atom stereocenters. The number of nitrogens with zero attached hydrogens (tertiary/aromatic N) is 3. The lowest BCUT2D eigenvalue weighted by atomic mass is 10.1. The quantitative estimate of drug-likeness (QED) is 0.433. The van der Waals surface area contributed by atoms with Crippen LogP contribution in [-0.2, 0) is 9.53 Å². The number of rotatable bonds is 7. The minimum absolute atomic E-state index is 0.188. The molecule has 8 heteroatoms. The molecule has 7 nitrogen and oxygen atoms in total. The maximum atomic E-state index is 12.4. The second kappa shape index (κ2) is 10.1. The van der Waals surface area contributed by atoms with Crippen molar-refractivity contribution in [2.24, 2.45) is 0 Å². The molecule has 1 aromatic carbocycles. The maximum Gasteiger partial charge on any atom is 0.340 e. The Morgan fingerprint density at radius 2 is 1.96 bits per heavy atom. The Morgan fingerprint density at radius 1 is 1.18 bits per heavy atom. The fourth-order valence-electron chi connectivity index (χ4n) is 3.01. The molecule has 0 bridgehead atoms. The van der Waals surface area contributed by atoms with Crippen LogP contribution in [0.5, 0.6) is 0 Å². The molecule has 0 saturated carbocycles. The number of carbonyl (C=O) groups excluding carboxylic acids is 2. The molecule has 1 aromatic heterocycles. The molecule has 3 rings (SSSR count). The van der Waals surface area contributed by atoms with Crippen molar-refractivity contribution in [1.29, 1.82) is 0 Å². The lowest BCUT2D eigenvalue weighted by Crippen LogP contribution is -2.30. The van der Waals surface area contributed by atoms with Crippen LogP contribution in [0.15, 0.2) is 41.7 Å². The molecule has 1 aliphatic heterocycles. The zero-order chi connectivity index (χ0) is 19.8. The van der Waals surface area contributed by atoms with E-state index in [4.69, 9.17) is 4.74 Å². The number of anilines is 2. The van der Waals surface area contributed by atoms with Crippen LogP contribution in [0.1, 0.15) is 36.5 Å². The average molecular weight is 401 g/mol. The van der Waals surface area contributed by atoms with E-state index in [-0.39, 0.29) is 18.3 Å². The number of aromatic nitrogens is 2. The number of carbonyl (C=O) groups is 2. The molecule has 0 unspecified atom stereocenters. The highest BCUT2D eigenvalue weighted by Gasteiger charge is 2.15. The Bertz CT molecular complexity index is 825. The monoisotopic (exact) mass is 400 g/mol. The van der Waals surface area contributed by atoms with Gasteiger partial charge in [-0.05, 0) is 38.3 Å². The van der Waals surface area contributed by atoms with Gasteiger partial charge in [-0.1, -0.05) is 23.9 Å². The van der Waals surface area contributed by atoms with Gasteiger partial charge in [0, 0.05) is 19.2 Å². The second-order valence-corrected chi connectivity index (χ2v) is 7.36. The SMILES string of the molecule is CCOC(=O)c1ccccc1NC(=O)CSc1cc(N2CCCCC2)ncn1.